The minimum Gasteiger partial charge on any atom is -0.437 e. The Hall–Kier alpha value is -0.650. The van der Waals surface area contributed by atoms with Gasteiger partial charge in [-0.05, 0) is 55.8 Å². The molecule has 0 unspecified atom stereocenters. The third kappa shape index (κ3) is 3.15. The summed E-state index contributed by atoms with van der Waals surface area (Å²) in [6.07, 6.45) is 6.90. The van der Waals surface area contributed by atoms with Crippen LogP contribution in [0.1, 0.15) is 32.1 Å². The van der Waals surface area contributed by atoms with Crippen molar-refractivity contribution in [3.05, 3.63) is 0 Å². The normalized spacial score (nSPS) is 38.1. The Morgan fingerprint density at radius 2 is 1.70 bits per heavy atom. The van der Waals surface area contributed by atoms with E-state index in [-0.39, 0.29) is 32.7 Å². The molecule has 0 radical (unpaired) electrons. The van der Waals surface area contributed by atoms with Crippen molar-refractivity contribution in [2.45, 2.75) is 38.2 Å². The van der Waals surface area contributed by atoms with Crippen molar-refractivity contribution in [1.29, 1.82) is 0 Å². The Bertz CT molecular complexity index is 315. The molecule has 0 spiro atoms. The quantitative estimate of drug-likeness (QED) is 0.434. The third-order valence-corrected chi connectivity index (χ3v) is 5.08. The van der Waals surface area contributed by atoms with Gasteiger partial charge in [0, 0.05) is 0 Å². The van der Waals surface area contributed by atoms with Crippen LogP contribution in [0, 0.1) is 23.7 Å². The third-order valence-electron chi connectivity index (χ3n) is 5.08. The molecule has 0 atom stereocenters. The van der Waals surface area contributed by atoms with Gasteiger partial charge in [-0.25, -0.2) is 4.79 Å². The zero-order chi connectivity index (χ0) is 13.9. The molecule has 4 aliphatic carbocycles. The molecule has 4 fully saturated rings. The van der Waals surface area contributed by atoms with Crippen molar-refractivity contribution in [3.63, 3.8) is 0 Å². The van der Waals surface area contributed by atoms with E-state index in [9.17, 15) is 4.79 Å². The number of hydrogen-bond acceptors (Lipinski definition) is 5. The lowest BCUT2D eigenvalue weighted by atomic mass is 9.55. The Morgan fingerprint density at radius 1 is 1.05 bits per heavy atom. The molecule has 5 nitrogen and oxygen atoms in total. The molecule has 0 aromatic heterocycles. The molecule has 20 heavy (non-hydrogen) atoms. The van der Waals surface area contributed by atoms with E-state index in [2.05, 4.69) is 0 Å². The average Bonchev–Trinajstić information content (AvgIpc) is 2.41. The van der Waals surface area contributed by atoms with Crippen LogP contribution in [0.3, 0.4) is 0 Å². The summed E-state index contributed by atoms with van der Waals surface area (Å²) in [5, 5.41) is 8.54. The summed E-state index contributed by atoms with van der Waals surface area (Å²) >= 11 is 0. The summed E-state index contributed by atoms with van der Waals surface area (Å²) in [7, 11) is 0. The summed E-state index contributed by atoms with van der Waals surface area (Å²) in [5.41, 5.74) is 0. The van der Waals surface area contributed by atoms with Gasteiger partial charge in [0.1, 0.15) is 6.61 Å². The average molecular weight is 284 g/mol. The number of rotatable bonds is 7. The number of ether oxygens (including phenoxy) is 3. The van der Waals surface area contributed by atoms with E-state index in [0.717, 1.165) is 11.8 Å². The molecule has 5 heteroatoms. The lowest BCUT2D eigenvalue weighted by Crippen LogP contribution is -2.49. The van der Waals surface area contributed by atoms with Gasteiger partial charge in [-0.2, -0.15) is 0 Å². The van der Waals surface area contributed by atoms with Gasteiger partial charge in [0.05, 0.1) is 19.3 Å². The molecule has 4 bridgehead atoms. The van der Waals surface area contributed by atoms with Gasteiger partial charge in [0.25, 0.3) is 0 Å². The molecule has 1 N–H and O–H groups in total. The molecule has 0 aromatic rings. The molecule has 4 rings (SSSR count). The number of esters is 1. The van der Waals surface area contributed by atoms with Crippen molar-refractivity contribution < 1.29 is 24.1 Å². The van der Waals surface area contributed by atoms with Crippen molar-refractivity contribution >= 4 is 5.97 Å². The van der Waals surface area contributed by atoms with E-state index in [0.29, 0.717) is 11.8 Å². The number of aliphatic hydroxyl groups is 1. The maximum atomic E-state index is 11.4. The predicted octanol–water partition coefficient (Wildman–Crippen LogP) is 1.34. The Morgan fingerprint density at radius 3 is 2.30 bits per heavy atom. The molecular weight excluding hydrogens is 260 g/mol. The van der Waals surface area contributed by atoms with Gasteiger partial charge in [-0.3, -0.25) is 0 Å². The highest BCUT2D eigenvalue weighted by molar-refractivity contribution is 5.70. The summed E-state index contributed by atoms with van der Waals surface area (Å²) < 4.78 is 15.8. The maximum Gasteiger partial charge on any atom is 0.334 e. The SMILES string of the molecule is O=C(COCCO)OCOC1C2CC3CC(C2)CC1C3. The second-order valence-corrected chi connectivity index (χ2v) is 6.47. The highest BCUT2D eigenvalue weighted by atomic mass is 16.7. The first-order valence-electron chi connectivity index (χ1n) is 7.72. The summed E-state index contributed by atoms with van der Waals surface area (Å²) in [5.74, 6) is 2.77. The smallest absolute Gasteiger partial charge is 0.334 e. The fourth-order valence-electron chi connectivity index (χ4n) is 4.59. The van der Waals surface area contributed by atoms with Crippen LogP contribution in [0.15, 0.2) is 0 Å². The van der Waals surface area contributed by atoms with Gasteiger partial charge in [-0.1, -0.05) is 0 Å². The molecule has 4 saturated carbocycles. The Kier molecular flexibility index (Phi) is 4.58. The first kappa shape index (κ1) is 14.3. The molecule has 114 valence electrons. The lowest BCUT2D eigenvalue weighted by Gasteiger charge is -2.53. The Balaban J connectivity index is 1.37. The van der Waals surface area contributed by atoms with Crippen LogP contribution in [-0.4, -0.2) is 43.8 Å². The van der Waals surface area contributed by atoms with Crippen LogP contribution in [-0.2, 0) is 19.0 Å². The van der Waals surface area contributed by atoms with Crippen molar-refractivity contribution in [2.75, 3.05) is 26.6 Å². The molecule has 0 amide bonds. The van der Waals surface area contributed by atoms with Gasteiger partial charge in [0.15, 0.2) is 6.79 Å². The fourth-order valence-corrected chi connectivity index (χ4v) is 4.59. The number of aliphatic hydroxyl groups excluding tert-OH is 1. The molecule has 0 saturated heterocycles. The molecule has 0 aromatic carbocycles. The van der Waals surface area contributed by atoms with Gasteiger partial charge in [0.2, 0.25) is 0 Å². The summed E-state index contributed by atoms with van der Waals surface area (Å²) in [6, 6.07) is 0. The van der Waals surface area contributed by atoms with Gasteiger partial charge >= 0.3 is 5.97 Å². The number of carbonyl (C=O) groups excluding carboxylic acids is 1. The minimum absolute atomic E-state index is 0.0360. The van der Waals surface area contributed by atoms with Crippen molar-refractivity contribution in [2.24, 2.45) is 23.7 Å². The largest absolute Gasteiger partial charge is 0.437 e. The lowest BCUT2D eigenvalue weighted by molar-refractivity contribution is -0.189. The monoisotopic (exact) mass is 284 g/mol. The van der Waals surface area contributed by atoms with Gasteiger partial charge < -0.3 is 19.3 Å². The topological polar surface area (TPSA) is 65.0 Å². The van der Waals surface area contributed by atoms with E-state index in [1.54, 1.807) is 0 Å². The van der Waals surface area contributed by atoms with Crippen molar-refractivity contribution in [1.82, 2.24) is 0 Å². The standard InChI is InChI=1S/C15H24O5/c16-1-2-18-8-14(17)19-9-20-15-12-4-10-3-11(6-12)7-13(15)5-10/h10-13,15-16H,1-9H2. The number of carbonyl (C=O) groups is 1. The minimum atomic E-state index is -0.428. The Labute approximate surface area is 119 Å². The second-order valence-electron chi connectivity index (χ2n) is 6.47. The summed E-state index contributed by atoms with van der Waals surface area (Å²) in [6.45, 7) is -0.0109. The van der Waals surface area contributed by atoms with Crippen LogP contribution in [0.2, 0.25) is 0 Å². The van der Waals surface area contributed by atoms with Gasteiger partial charge in [-0.15, -0.1) is 0 Å². The van der Waals surface area contributed by atoms with Crippen molar-refractivity contribution in [3.8, 4) is 0 Å². The molecule has 0 aliphatic heterocycles. The van der Waals surface area contributed by atoms with Crippen LogP contribution in [0.5, 0.6) is 0 Å². The first-order valence-corrected chi connectivity index (χ1v) is 7.72. The zero-order valence-corrected chi connectivity index (χ0v) is 11.8. The van der Waals surface area contributed by atoms with Crippen LogP contribution in [0.25, 0.3) is 0 Å². The van der Waals surface area contributed by atoms with Crippen LogP contribution < -0.4 is 0 Å². The second kappa shape index (κ2) is 6.41. The van der Waals surface area contributed by atoms with E-state index in [1.807, 2.05) is 0 Å². The van der Waals surface area contributed by atoms with Crippen LogP contribution >= 0.6 is 0 Å². The van der Waals surface area contributed by atoms with Crippen LogP contribution in [0.4, 0.5) is 0 Å². The van der Waals surface area contributed by atoms with E-state index in [1.165, 1.54) is 32.1 Å². The highest BCUT2D eigenvalue weighted by Gasteiger charge is 2.48. The number of hydrogen-bond donors (Lipinski definition) is 1. The highest BCUT2D eigenvalue weighted by Crippen LogP contribution is 2.54. The molecular formula is C15H24O5. The first-order chi connectivity index (χ1) is 9.76. The van der Waals surface area contributed by atoms with E-state index < -0.39 is 5.97 Å². The molecule has 0 heterocycles. The van der Waals surface area contributed by atoms with E-state index >= 15 is 0 Å². The maximum absolute atomic E-state index is 11.4. The summed E-state index contributed by atoms with van der Waals surface area (Å²) in [4.78, 5) is 11.4. The fraction of sp³-hybridized carbons (Fsp3) is 0.933. The zero-order valence-electron chi connectivity index (χ0n) is 11.8. The van der Waals surface area contributed by atoms with E-state index in [4.69, 9.17) is 19.3 Å². The predicted molar refractivity (Wildman–Crippen MR) is 70.8 cm³/mol. The molecule has 4 aliphatic rings.